The topological polar surface area (TPSA) is 93.1 Å². The molecule has 6 heteroatoms. The number of carbonyl (C=O) groups is 2. The van der Waals surface area contributed by atoms with Crippen molar-refractivity contribution in [1.82, 2.24) is 0 Å². The standard InChI is InChI=1S/C10H10O6/c1-15-9(13)5-3-8(12)6(4-7(5)11)10(14)16-2/h3-4,11-12H,1-2H3. The summed E-state index contributed by atoms with van der Waals surface area (Å²) in [7, 11) is 2.26. The van der Waals surface area contributed by atoms with Gasteiger partial charge in [-0.3, -0.25) is 0 Å². The van der Waals surface area contributed by atoms with Crippen LogP contribution in [0.25, 0.3) is 0 Å². The van der Waals surface area contributed by atoms with Gasteiger partial charge in [0.15, 0.2) is 0 Å². The molecule has 0 aliphatic carbocycles. The smallest absolute Gasteiger partial charge is 0.341 e. The van der Waals surface area contributed by atoms with Crippen LogP contribution < -0.4 is 0 Å². The summed E-state index contributed by atoms with van der Waals surface area (Å²) in [6.45, 7) is 0. The zero-order valence-corrected chi connectivity index (χ0v) is 8.68. The molecule has 0 aromatic heterocycles. The Labute approximate surface area is 91.0 Å². The second kappa shape index (κ2) is 4.52. The van der Waals surface area contributed by atoms with E-state index in [2.05, 4.69) is 9.47 Å². The number of carbonyl (C=O) groups excluding carboxylic acids is 2. The van der Waals surface area contributed by atoms with Gasteiger partial charge in [-0.1, -0.05) is 0 Å². The summed E-state index contributed by atoms with van der Waals surface area (Å²) in [5, 5.41) is 18.9. The van der Waals surface area contributed by atoms with Crippen LogP contribution in [-0.4, -0.2) is 36.4 Å². The molecule has 0 aliphatic heterocycles. The molecule has 16 heavy (non-hydrogen) atoms. The third-order valence-corrected chi connectivity index (χ3v) is 1.92. The van der Waals surface area contributed by atoms with Crippen LogP contribution in [0.2, 0.25) is 0 Å². The van der Waals surface area contributed by atoms with Gasteiger partial charge in [0, 0.05) is 0 Å². The Morgan fingerprint density at radius 1 is 0.938 bits per heavy atom. The molecule has 0 atom stereocenters. The van der Waals surface area contributed by atoms with Crippen molar-refractivity contribution < 1.29 is 29.3 Å². The molecule has 0 unspecified atom stereocenters. The zero-order valence-electron chi connectivity index (χ0n) is 8.68. The van der Waals surface area contributed by atoms with E-state index in [4.69, 9.17) is 0 Å². The lowest BCUT2D eigenvalue weighted by Crippen LogP contribution is -2.05. The fraction of sp³-hybridized carbons (Fsp3) is 0.200. The molecule has 0 spiro atoms. The largest absolute Gasteiger partial charge is 0.507 e. The lowest BCUT2D eigenvalue weighted by molar-refractivity contribution is 0.0580. The Morgan fingerprint density at radius 3 is 1.50 bits per heavy atom. The van der Waals surface area contributed by atoms with Crippen LogP contribution >= 0.6 is 0 Å². The monoisotopic (exact) mass is 226 g/mol. The average molecular weight is 226 g/mol. The van der Waals surface area contributed by atoms with E-state index in [0.717, 1.165) is 26.4 Å². The van der Waals surface area contributed by atoms with Crippen LogP contribution in [-0.2, 0) is 9.47 Å². The average Bonchev–Trinajstić information content (AvgIpc) is 2.29. The zero-order chi connectivity index (χ0) is 12.3. The number of benzene rings is 1. The molecule has 0 heterocycles. The highest BCUT2D eigenvalue weighted by molar-refractivity contribution is 5.98. The summed E-state index contributed by atoms with van der Waals surface area (Å²) < 4.78 is 8.75. The number of esters is 2. The summed E-state index contributed by atoms with van der Waals surface area (Å²) in [6.07, 6.45) is 0. The predicted octanol–water partition coefficient (Wildman–Crippen LogP) is 0.671. The van der Waals surface area contributed by atoms with Crippen molar-refractivity contribution >= 4 is 11.9 Å². The highest BCUT2D eigenvalue weighted by Gasteiger charge is 2.19. The number of hydrogen-bond donors (Lipinski definition) is 2. The summed E-state index contributed by atoms with van der Waals surface area (Å²) >= 11 is 0. The fourth-order valence-electron chi connectivity index (χ4n) is 1.12. The third-order valence-electron chi connectivity index (χ3n) is 1.92. The van der Waals surface area contributed by atoms with Gasteiger partial charge >= 0.3 is 11.9 Å². The number of hydrogen-bond acceptors (Lipinski definition) is 6. The van der Waals surface area contributed by atoms with E-state index < -0.39 is 23.4 Å². The van der Waals surface area contributed by atoms with Crippen LogP contribution in [0, 0.1) is 0 Å². The Hall–Kier alpha value is -2.24. The third kappa shape index (κ3) is 2.05. The molecule has 86 valence electrons. The quantitative estimate of drug-likeness (QED) is 0.568. The van der Waals surface area contributed by atoms with Gasteiger partial charge in [0.2, 0.25) is 0 Å². The lowest BCUT2D eigenvalue weighted by Gasteiger charge is -2.07. The van der Waals surface area contributed by atoms with Gasteiger partial charge in [0.05, 0.1) is 14.2 Å². The van der Waals surface area contributed by atoms with Crippen molar-refractivity contribution in [2.75, 3.05) is 14.2 Å². The number of methoxy groups -OCH3 is 2. The number of phenolic OH excluding ortho intramolecular Hbond substituents is 2. The Bertz CT molecular complexity index is 395. The molecule has 0 amide bonds. The molecular weight excluding hydrogens is 216 g/mol. The van der Waals surface area contributed by atoms with E-state index in [1.807, 2.05) is 0 Å². The molecule has 6 nitrogen and oxygen atoms in total. The molecular formula is C10H10O6. The molecule has 0 saturated carbocycles. The van der Waals surface area contributed by atoms with Crippen LogP contribution in [0.15, 0.2) is 12.1 Å². The number of ether oxygens (including phenoxy) is 2. The van der Waals surface area contributed by atoms with Crippen molar-refractivity contribution in [1.29, 1.82) is 0 Å². The maximum absolute atomic E-state index is 11.1. The summed E-state index contributed by atoms with van der Waals surface area (Å²) in [6, 6.07) is 1.88. The van der Waals surface area contributed by atoms with E-state index in [0.29, 0.717) is 0 Å². The molecule has 1 aromatic carbocycles. The first kappa shape index (κ1) is 11.8. The molecule has 0 bridgehead atoms. The van der Waals surface area contributed by atoms with E-state index in [9.17, 15) is 19.8 Å². The second-order valence-electron chi connectivity index (χ2n) is 2.87. The van der Waals surface area contributed by atoms with Gasteiger partial charge in [0.1, 0.15) is 22.6 Å². The van der Waals surface area contributed by atoms with Crippen LogP contribution in [0.1, 0.15) is 20.7 Å². The van der Waals surface area contributed by atoms with Crippen LogP contribution in [0.5, 0.6) is 11.5 Å². The van der Waals surface area contributed by atoms with Gasteiger partial charge in [0.25, 0.3) is 0 Å². The molecule has 0 fully saturated rings. The van der Waals surface area contributed by atoms with E-state index in [-0.39, 0.29) is 11.1 Å². The maximum atomic E-state index is 11.1. The molecule has 0 saturated heterocycles. The lowest BCUT2D eigenvalue weighted by atomic mass is 10.1. The molecule has 1 aromatic rings. The normalized spacial score (nSPS) is 9.62. The SMILES string of the molecule is COC(=O)c1cc(O)c(C(=O)OC)cc1O. The van der Waals surface area contributed by atoms with Crippen molar-refractivity contribution in [2.24, 2.45) is 0 Å². The highest BCUT2D eigenvalue weighted by atomic mass is 16.5. The minimum atomic E-state index is -0.816. The Morgan fingerprint density at radius 2 is 1.25 bits per heavy atom. The van der Waals surface area contributed by atoms with Gasteiger partial charge in [-0.05, 0) is 12.1 Å². The highest BCUT2D eigenvalue weighted by Crippen LogP contribution is 2.28. The molecule has 0 aliphatic rings. The van der Waals surface area contributed by atoms with Crippen LogP contribution in [0.4, 0.5) is 0 Å². The second-order valence-corrected chi connectivity index (χ2v) is 2.87. The fourth-order valence-corrected chi connectivity index (χ4v) is 1.12. The molecule has 2 N–H and O–H groups in total. The van der Waals surface area contributed by atoms with Crippen LogP contribution in [0.3, 0.4) is 0 Å². The summed E-state index contributed by atoms with van der Waals surface area (Å²) in [5.41, 5.74) is -0.458. The first-order valence-electron chi connectivity index (χ1n) is 4.23. The molecule has 0 radical (unpaired) electrons. The summed E-state index contributed by atoms with van der Waals surface area (Å²) in [4.78, 5) is 22.3. The summed E-state index contributed by atoms with van der Waals surface area (Å²) in [5.74, 6) is -2.57. The van der Waals surface area contributed by atoms with Crippen molar-refractivity contribution in [3.63, 3.8) is 0 Å². The first-order chi connectivity index (χ1) is 7.51. The van der Waals surface area contributed by atoms with Crippen molar-refractivity contribution in [3.8, 4) is 11.5 Å². The number of aromatic hydroxyl groups is 2. The Kier molecular flexibility index (Phi) is 3.34. The van der Waals surface area contributed by atoms with Crippen molar-refractivity contribution in [2.45, 2.75) is 0 Å². The van der Waals surface area contributed by atoms with Gasteiger partial charge in [-0.2, -0.15) is 0 Å². The number of rotatable bonds is 2. The minimum absolute atomic E-state index is 0.229. The molecule has 1 rings (SSSR count). The van der Waals surface area contributed by atoms with Crippen molar-refractivity contribution in [3.05, 3.63) is 23.3 Å². The Balaban J connectivity index is 3.27. The number of phenols is 2. The minimum Gasteiger partial charge on any atom is -0.507 e. The van der Waals surface area contributed by atoms with Gasteiger partial charge < -0.3 is 19.7 Å². The van der Waals surface area contributed by atoms with Gasteiger partial charge in [-0.25, -0.2) is 9.59 Å². The van der Waals surface area contributed by atoms with E-state index in [1.54, 1.807) is 0 Å². The van der Waals surface area contributed by atoms with E-state index >= 15 is 0 Å². The predicted molar refractivity (Wildman–Crippen MR) is 52.5 cm³/mol. The first-order valence-corrected chi connectivity index (χ1v) is 4.23. The van der Waals surface area contributed by atoms with E-state index in [1.165, 1.54) is 0 Å². The maximum Gasteiger partial charge on any atom is 0.341 e. The van der Waals surface area contributed by atoms with Gasteiger partial charge in [-0.15, -0.1) is 0 Å².